The Kier molecular flexibility index (Phi) is 9.13. The summed E-state index contributed by atoms with van der Waals surface area (Å²) >= 11 is 0. The fraction of sp³-hybridized carbons (Fsp3) is 0.500. The summed E-state index contributed by atoms with van der Waals surface area (Å²) in [6, 6.07) is 8.50. The summed E-state index contributed by atoms with van der Waals surface area (Å²) in [4.78, 5) is 9.22. The SMILES string of the molecule is CCNC(=NCCCn1cnc2ccccc21)NC(C)Cc1c(C)nn(C)c1C.I. The first-order chi connectivity index (χ1) is 14.0. The molecule has 0 aliphatic carbocycles. The maximum absolute atomic E-state index is 4.76. The average Bonchev–Trinajstić information content (AvgIpc) is 3.21. The molecular weight excluding hydrogens is 489 g/mol. The van der Waals surface area contributed by atoms with Gasteiger partial charge in [-0.05, 0) is 58.2 Å². The van der Waals surface area contributed by atoms with E-state index in [0.29, 0.717) is 0 Å². The number of rotatable bonds is 8. The molecule has 0 aliphatic rings. The van der Waals surface area contributed by atoms with Gasteiger partial charge < -0.3 is 15.2 Å². The number of imidazole rings is 1. The van der Waals surface area contributed by atoms with E-state index in [4.69, 9.17) is 4.99 Å². The Bertz CT molecular complexity index is 973. The first kappa shape index (κ1) is 24.2. The second-order valence-corrected chi connectivity index (χ2v) is 7.56. The fourth-order valence-electron chi connectivity index (χ4n) is 3.64. The van der Waals surface area contributed by atoms with Crippen LogP contribution in [0.15, 0.2) is 35.6 Å². The number of nitrogens with one attached hydrogen (secondary N) is 2. The first-order valence-electron chi connectivity index (χ1n) is 10.4. The average molecular weight is 523 g/mol. The minimum Gasteiger partial charge on any atom is -0.357 e. The van der Waals surface area contributed by atoms with Gasteiger partial charge in [-0.25, -0.2) is 4.98 Å². The summed E-state index contributed by atoms with van der Waals surface area (Å²) in [5.41, 5.74) is 5.87. The van der Waals surface area contributed by atoms with Crippen LogP contribution in [0.25, 0.3) is 11.0 Å². The Morgan fingerprint density at radius 1 is 1.23 bits per heavy atom. The summed E-state index contributed by atoms with van der Waals surface area (Å²) in [7, 11) is 2.00. The highest BCUT2D eigenvalue weighted by Gasteiger charge is 2.14. The molecule has 30 heavy (non-hydrogen) atoms. The number of aliphatic imine (C=N–C) groups is 1. The number of fused-ring (bicyclic) bond motifs is 1. The maximum atomic E-state index is 4.76. The number of aryl methyl sites for hydroxylation is 3. The molecule has 0 bridgehead atoms. The largest absolute Gasteiger partial charge is 0.357 e. The summed E-state index contributed by atoms with van der Waals surface area (Å²) in [5, 5.41) is 11.4. The highest BCUT2D eigenvalue weighted by molar-refractivity contribution is 14.0. The Labute approximate surface area is 196 Å². The zero-order valence-electron chi connectivity index (χ0n) is 18.6. The van der Waals surface area contributed by atoms with Gasteiger partial charge in [-0.15, -0.1) is 24.0 Å². The number of hydrogen-bond acceptors (Lipinski definition) is 3. The molecule has 3 aromatic rings. The molecule has 1 unspecified atom stereocenters. The van der Waals surface area contributed by atoms with E-state index in [-0.39, 0.29) is 30.0 Å². The number of nitrogens with zero attached hydrogens (tertiary/aromatic N) is 5. The molecule has 3 rings (SSSR count). The number of guanidine groups is 1. The Morgan fingerprint density at radius 3 is 2.70 bits per heavy atom. The van der Waals surface area contributed by atoms with Crippen molar-refractivity contribution < 1.29 is 0 Å². The van der Waals surface area contributed by atoms with Crippen LogP contribution >= 0.6 is 24.0 Å². The van der Waals surface area contributed by atoms with Gasteiger partial charge >= 0.3 is 0 Å². The van der Waals surface area contributed by atoms with E-state index in [9.17, 15) is 0 Å². The number of aromatic nitrogens is 4. The van der Waals surface area contributed by atoms with Crippen molar-refractivity contribution in [3.8, 4) is 0 Å². The standard InChI is InChI=1S/C22H33N7.HI/c1-6-23-22(26-16(2)14-19-17(3)27-28(5)18(19)4)24-12-9-13-29-15-25-20-10-7-8-11-21(20)29;/h7-8,10-11,15-16H,6,9,12-14H2,1-5H3,(H2,23,24,26);1H. The third kappa shape index (κ3) is 5.96. The van der Waals surface area contributed by atoms with E-state index < -0.39 is 0 Å². The first-order valence-corrected chi connectivity index (χ1v) is 10.4. The molecular formula is C22H34IN7. The van der Waals surface area contributed by atoms with Gasteiger partial charge in [-0.3, -0.25) is 9.67 Å². The lowest BCUT2D eigenvalue weighted by Crippen LogP contribution is -2.43. The number of para-hydroxylation sites is 2. The minimum absolute atomic E-state index is 0. The molecule has 0 radical (unpaired) electrons. The Hall–Kier alpha value is -2.10. The van der Waals surface area contributed by atoms with Crippen LogP contribution in [-0.2, 0) is 20.0 Å². The van der Waals surface area contributed by atoms with Crippen molar-refractivity contribution in [1.29, 1.82) is 0 Å². The van der Waals surface area contributed by atoms with Gasteiger partial charge in [0, 0.05) is 38.4 Å². The Balaban J connectivity index is 0.00000320. The molecule has 2 heterocycles. The zero-order valence-corrected chi connectivity index (χ0v) is 21.0. The van der Waals surface area contributed by atoms with Gasteiger partial charge in [0.05, 0.1) is 23.1 Å². The highest BCUT2D eigenvalue weighted by Crippen LogP contribution is 2.14. The van der Waals surface area contributed by atoms with Crippen molar-refractivity contribution in [1.82, 2.24) is 30.0 Å². The van der Waals surface area contributed by atoms with Crippen LogP contribution in [0.3, 0.4) is 0 Å². The fourth-order valence-corrected chi connectivity index (χ4v) is 3.64. The Morgan fingerprint density at radius 2 is 2.00 bits per heavy atom. The van der Waals surface area contributed by atoms with Crippen molar-refractivity contribution in [2.24, 2.45) is 12.0 Å². The van der Waals surface area contributed by atoms with Gasteiger partial charge in [0.1, 0.15) is 0 Å². The molecule has 2 N–H and O–H groups in total. The molecule has 0 aliphatic heterocycles. The molecule has 0 amide bonds. The highest BCUT2D eigenvalue weighted by atomic mass is 127. The van der Waals surface area contributed by atoms with Crippen molar-refractivity contribution in [2.75, 3.05) is 13.1 Å². The van der Waals surface area contributed by atoms with E-state index in [1.165, 1.54) is 16.8 Å². The smallest absolute Gasteiger partial charge is 0.191 e. The minimum atomic E-state index is 0. The summed E-state index contributed by atoms with van der Waals surface area (Å²) < 4.78 is 4.15. The van der Waals surface area contributed by atoms with Crippen molar-refractivity contribution in [3.05, 3.63) is 47.5 Å². The van der Waals surface area contributed by atoms with Crippen LogP contribution in [0.4, 0.5) is 0 Å². The zero-order chi connectivity index (χ0) is 20.8. The lowest BCUT2D eigenvalue weighted by atomic mass is 10.1. The number of hydrogen-bond donors (Lipinski definition) is 2. The second kappa shape index (κ2) is 11.3. The van der Waals surface area contributed by atoms with Crippen molar-refractivity contribution in [2.45, 2.75) is 53.1 Å². The van der Waals surface area contributed by atoms with Gasteiger partial charge in [0.25, 0.3) is 0 Å². The van der Waals surface area contributed by atoms with Gasteiger partial charge in [0.2, 0.25) is 0 Å². The second-order valence-electron chi connectivity index (χ2n) is 7.56. The number of benzene rings is 1. The normalized spacial score (nSPS) is 12.6. The quantitative estimate of drug-likeness (QED) is 0.205. The molecule has 0 fully saturated rings. The van der Waals surface area contributed by atoms with Crippen LogP contribution in [0, 0.1) is 13.8 Å². The van der Waals surface area contributed by atoms with Crippen LogP contribution in [0.1, 0.15) is 37.2 Å². The lowest BCUT2D eigenvalue weighted by Gasteiger charge is -2.18. The summed E-state index contributed by atoms with van der Waals surface area (Å²) in [5.74, 6) is 0.870. The van der Waals surface area contributed by atoms with Crippen LogP contribution in [0.2, 0.25) is 0 Å². The van der Waals surface area contributed by atoms with Crippen LogP contribution < -0.4 is 10.6 Å². The summed E-state index contributed by atoms with van der Waals surface area (Å²) in [6.45, 7) is 11.0. The summed E-state index contributed by atoms with van der Waals surface area (Å²) in [6.07, 6.45) is 3.81. The van der Waals surface area contributed by atoms with E-state index in [2.05, 4.69) is 65.1 Å². The molecule has 0 saturated carbocycles. The lowest BCUT2D eigenvalue weighted by molar-refractivity contribution is 0.627. The molecule has 0 saturated heterocycles. The third-order valence-electron chi connectivity index (χ3n) is 5.25. The van der Waals surface area contributed by atoms with Gasteiger partial charge in [0.15, 0.2) is 5.96 Å². The van der Waals surface area contributed by atoms with Crippen molar-refractivity contribution in [3.63, 3.8) is 0 Å². The molecule has 0 spiro atoms. The van der Waals surface area contributed by atoms with Gasteiger partial charge in [-0.2, -0.15) is 5.10 Å². The molecule has 164 valence electrons. The van der Waals surface area contributed by atoms with Crippen molar-refractivity contribution >= 4 is 41.0 Å². The van der Waals surface area contributed by atoms with Gasteiger partial charge in [-0.1, -0.05) is 12.1 Å². The topological polar surface area (TPSA) is 72.1 Å². The third-order valence-corrected chi connectivity index (χ3v) is 5.25. The molecule has 1 aromatic carbocycles. The van der Waals surface area contributed by atoms with E-state index in [1.54, 1.807) is 0 Å². The van der Waals surface area contributed by atoms with E-state index in [1.807, 2.05) is 30.2 Å². The maximum Gasteiger partial charge on any atom is 0.191 e. The van der Waals surface area contributed by atoms with Crippen LogP contribution in [0.5, 0.6) is 0 Å². The van der Waals surface area contributed by atoms with Crippen LogP contribution in [-0.4, -0.2) is 44.4 Å². The number of halogens is 1. The molecule has 1 atom stereocenters. The van der Waals surface area contributed by atoms with E-state index in [0.717, 1.165) is 49.6 Å². The predicted octanol–water partition coefficient (Wildman–Crippen LogP) is 3.58. The molecule has 2 aromatic heterocycles. The monoisotopic (exact) mass is 523 g/mol. The molecule has 7 nitrogen and oxygen atoms in total. The molecule has 8 heteroatoms. The predicted molar refractivity (Wildman–Crippen MR) is 135 cm³/mol. The van der Waals surface area contributed by atoms with E-state index >= 15 is 0 Å².